The monoisotopic (exact) mass is 296 g/mol. The van der Waals surface area contributed by atoms with E-state index < -0.39 is 17.3 Å². The summed E-state index contributed by atoms with van der Waals surface area (Å²) in [5.74, 6) is -0.866. The molecule has 1 fully saturated rings. The number of carbonyl (C=O) groups is 1. The van der Waals surface area contributed by atoms with Crippen molar-refractivity contribution in [3.05, 3.63) is 29.8 Å². The second kappa shape index (κ2) is 6.95. The molecule has 116 valence electrons. The number of nitrogens with one attached hydrogen (secondary N) is 1. The fourth-order valence-corrected chi connectivity index (χ4v) is 2.61. The molecule has 2 heterocycles. The average molecular weight is 296 g/mol. The molecule has 0 aromatic carbocycles. The van der Waals surface area contributed by atoms with E-state index in [1.165, 1.54) is 19.2 Å². The molecule has 0 saturated carbocycles. The number of aromatic nitrogens is 1. The number of nitrogens with zero attached hydrogens (tertiary/aromatic N) is 1. The molecule has 0 spiro atoms. The lowest BCUT2D eigenvalue weighted by Crippen LogP contribution is -2.52. The van der Waals surface area contributed by atoms with Crippen LogP contribution in [0.25, 0.3) is 0 Å². The van der Waals surface area contributed by atoms with E-state index in [-0.39, 0.29) is 6.10 Å². The van der Waals surface area contributed by atoms with Crippen molar-refractivity contribution >= 4 is 5.97 Å². The van der Waals surface area contributed by atoms with Crippen molar-refractivity contribution in [3.63, 3.8) is 0 Å². The molecule has 5 nitrogen and oxygen atoms in total. The second-order valence-electron chi connectivity index (χ2n) is 5.13. The van der Waals surface area contributed by atoms with Gasteiger partial charge in [0.1, 0.15) is 5.82 Å². The standard InChI is InChI=1S/C15H21FN2O3/c1-3-15(14(19)20-2,13-7-6-11(16)9-17-13)18-10-12-5-4-8-21-12/h6-7,9,12,18H,3-5,8,10H2,1-2H3. The van der Waals surface area contributed by atoms with Gasteiger partial charge in [-0.1, -0.05) is 6.92 Å². The first-order chi connectivity index (χ1) is 10.1. The molecule has 1 aliphatic heterocycles. The van der Waals surface area contributed by atoms with Crippen LogP contribution in [0, 0.1) is 5.82 Å². The van der Waals surface area contributed by atoms with Crippen molar-refractivity contribution in [3.8, 4) is 0 Å². The van der Waals surface area contributed by atoms with E-state index in [1.807, 2.05) is 6.92 Å². The van der Waals surface area contributed by atoms with Crippen molar-refractivity contribution in [1.82, 2.24) is 10.3 Å². The van der Waals surface area contributed by atoms with Gasteiger partial charge >= 0.3 is 5.97 Å². The van der Waals surface area contributed by atoms with Crippen LogP contribution in [-0.2, 0) is 19.8 Å². The van der Waals surface area contributed by atoms with Crippen LogP contribution < -0.4 is 5.32 Å². The quantitative estimate of drug-likeness (QED) is 0.811. The fourth-order valence-electron chi connectivity index (χ4n) is 2.61. The van der Waals surface area contributed by atoms with Crippen LogP contribution in [-0.4, -0.2) is 37.3 Å². The molecular weight excluding hydrogens is 275 g/mol. The third-order valence-corrected chi connectivity index (χ3v) is 3.88. The van der Waals surface area contributed by atoms with E-state index in [0.717, 1.165) is 25.6 Å². The number of halogens is 1. The zero-order valence-corrected chi connectivity index (χ0v) is 12.4. The van der Waals surface area contributed by atoms with Gasteiger partial charge in [-0.2, -0.15) is 0 Å². The van der Waals surface area contributed by atoms with Crippen molar-refractivity contribution in [2.24, 2.45) is 0 Å². The van der Waals surface area contributed by atoms with Crippen LogP contribution in [0.15, 0.2) is 18.3 Å². The number of methoxy groups -OCH3 is 1. The largest absolute Gasteiger partial charge is 0.467 e. The SMILES string of the molecule is CCC(NCC1CCCO1)(C(=O)OC)c1ccc(F)cn1. The molecule has 2 atom stereocenters. The molecule has 1 aromatic rings. The first-order valence-corrected chi connectivity index (χ1v) is 7.19. The lowest BCUT2D eigenvalue weighted by Gasteiger charge is -2.31. The number of rotatable bonds is 6. The molecule has 0 bridgehead atoms. The minimum absolute atomic E-state index is 0.0843. The van der Waals surface area contributed by atoms with E-state index >= 15 is 0 Å². The third kappa shape index (κ3) is 3.39. The van der Waals surface area contributed by atoms with Gasteiger partial charge in [-0.15, -0.1) is 0 Å². The summed E-state index contributed by atoms with van der Waals surface area (Å²) in [6.45, 7) is 3.14. The first-order valence-electron chi connectivity index (χ1n) is 7.19. The van der Waals surface area contributed by atoms with Gasteiger partial charge in [-0.05, 0) is 31.4 Å². The minimum Gasteiger partial charge on any atom is -0.467 e. The predicted octanol–water partition coefficient (Wildman–Crippen LogP) is 1.77. The Hall–Kier alpha value is -1.53. The molecule has 0 amide bonds. The summed E-state index contributed by atoms with van der Waals surface area (Å²) in [4.78, 5) is 16.4. The molecule has 0 aliphatic carbocycles. The Morgan fingerprint density at radius 3 is 2.95 bits per heavy atom. The van der Waals surface area contributed by atoms with Gasteiger partial charge in [0.15, 0.2) is 5.54 Å². The molecule has 2 rings (SSSR count). The number of hydrogen-bond donors (Lipinski definition) is 1. The molecule has 0 radical (unpaired) electrons. The Bertz CT molecular complexity index is 474. The lowest BCUT2D eigenvalue weighted by molar-refractivity contribution is -0.149. The van der Waals surface area contributed by atoms with Crippen molar-refractivity contribution in [1.29, 1.82) is 0 Å². The Balaban J connectivity index is 2.23. The first kappa shape index (κ1) is 15.9. The highest BCUT2D eigenvalue weighted by atomic mass is 19.1. The van der Waals surface area contributed by atoms with Gasteiger partial charge in [0, 0.05) is 13.2 Å². The van der Waals surface area contributed by atoms with Gasteiger partial charge in [0.25, 0.3) is 0 Å². The van der Waals surface area contributed by atoms with Crippen LogP contribution in [0.4, 0.5) is 4.39 Å². The fraction of sp³-hybridized carbons (Fsp3) is 0.600. The molecule has 6 heteroatoms. The van der Waals surface area contributed by atoms with Crippen molar-refractivity contribution < 1.29 is 18.7 Å². The number of pyridine rings is 1. The molecular formula is C15H21FN2O3. The van der Waals surface area contributed by atoms with E-state index in [1.54, 1.807) is 0 Å². The number of hydrogen-bond acceptors (Lipinski definition) is 5. The van der Waals surface area contributed by atoms with E-state index in [9.17, 15) is 9.18 Å². The van der Waals surface area contributed by atoms with E-state index in [4.69, 9.17) is 9.47 Å². The molecule has 1 aromatic heterocycles. The van der Waals surface area contributed by atoms with Crippen molar-refractivity contribution in [2.45, 2.75) is 37.8 Å². The van der Waals surface area contributed by atoms with Crippen molar-refractivity contribution in [2.75, 3.05) is 20.3 Å². The summed E-state index contributed by atoms with van der Waals surface area (Å²) in [5, 5.41) is 3.23. The van der Waals surface area contributed by atoms with Crippen LogP contribution in [0.5, 0.6) is 0 Å². The highest BCUT2D eigenvalue weighted by Gasteiger charge is 2.41. The van der Waals surface area contributed by atoms with Crippen LogP contribution in [0.1, 0.15) is 31.9 Å². The topological polar surface area (TPSA) is 60.5 Å². The molecule has 21 heavy (non-hydrogen) atoms. The number of esters is 1. The number of carbonyl (C=O) groups excluding carboxylic acids is 1. The van der Waals surface area contributed by atoms with E-state index in [0.29, 0.717) is 18.7 Å². The van der Waals surface area contributed by atoms with Gasteiger partial charge in [0.05, 0.1) is 25.1 Å². The van der Waals surface area contributed by atoms with Crippen LogP contribution >= 0.6 is 0 Å². The van der Waals surface area contributed by atoms with Gasteiger partial charge in [0.2, 0.25) is 0 Å². The van der Waals surface area contributed by atoms with Crippen LogP contribution in [0.3, 0.4) is 0 Å². The third-order valence-electron chi connectivity index (χ3n) is 3.88. The highest BCUT2D eigenvalue weighted by Crippen LogP contribution is 2.26. The maximum atomic E-state index is 13.1. The Morgan fingerprint density at radius 1 is 1.62 bits per heavy atom. The predicted molar refractivity (Wildman–Crippen MR) is 75.2 cm³/mol. The zero-order valence-electron chi connectivity index (χ0n) is 12.4. The summed E-state index contributed by atoms with van der Waals surface area (Å²) in [6, 6.07) is 2.81. The maximum Gasteiger partial charge on any atom is 0.332 e. The average Bonchev–Trinajstić information content (AvgIpc) is 3.02. The molecule has 1 aliphatic rings. The summed E-state index contributed by atoms with van der Waals surface area (Å²) in [6.07, 6.45) is 3.63. The zero-order chi connectivity index (χ0) is 15.3. The number of ether oxygens (including phenoxy) is 2. The Kier molecular flexibility index (Phi) is 5.25. The van der Waals surface area contributed by atoms with E-state index in [2.05, 4.69) is 10.3 Å². The smallest absolute Gasteiger partial charge is 0.332 e. The summed E-state index contributed by atoms with van der Waals surface area (Å²) in [7, 11) is 1.34. The minimum atomic E-state index is -1.08. The summed E-state index contributed by atoms with van der Waals surface area (Å²) in [5.41, 5.74) is -0.620. The summed E-state index contributed by atoms with van der Waals surface area (Å²) >= 11 is 0. The van der Waals surface area contributed by atoms with Gasteiger partial charge in [-0.3, -0.25) is 10.3 Å². The van der Waals surface area contributed by atoms with Gasteiger partial charge in [-0.25, -0.2) is 9.18 Å². The van der Waals surface area contributed by atoms with Gasteiger partial charge < -0.3 is 9.47 Å². The second-order valence-corrected chi connectivity index (χ2v) is 5.13. The molecule has 1 saturated heterocycles. The Labute approximate surface area is 123 Å². The molecule has 2 unspecified atom stereocenters. The highest BCUT2D eigenvalue weighted by molar-refractivity contribution is 5.81. The normalized spacial score (nSPS) is 21.0. The molecule has 1 N–H and O–H groups in total. The van der Waals surface area contributed by atoms with Crippen LogP contribution in [0.2, 0.25) is 0 Å². The maximum absolute atomic E-state index is 13.1. The lowest BCUT2D eigenvalue weighted by atomic mass is 9.90. The summed E-state index contributed by atoms with van der Waals surface area (Å²) < 4.78 is 23.6. The Morgan fingerprint density at radius 2 is 2.43 bits per heavy atom.